The number of sulfonamides is 3. The highest BCUT2D eigenvalue weighted by atomic mass is 79.9. The van der Waals surface area contributed by atoms with E-state index in [4.69, 9.17) is 34.8 Å². The number of H-pyrrole nitrogens is 3. The molecule has 0 aliphatic rings. The summed E-state index contributed by atoms with van der Waals surface area (Å²) in [5, 5.41) is 1.47. The highest BCUT2D eigenvalue weighted by molar-refractivity contribution is 9.10. The fraction of sp³-hybridized carbons (Fsp3) is 0.0455. The molecule has 9 aromatic carbocycles. The second-order valence-corrected chi connectivity index (χ2v) is 27.3. The Hall–Kier alpha value is -8.38. The number of hydrogen-bond acceptors (Lipinski definition) is 9. The van der Waals surface area contributed by atoms with Gasteiger partial charge in [0.1, 0.15) is 23.3 Å². The highest BCUT2D eigenvalue weighted by Gasteiger charge is 2.21. The molecule has 12 rings (SSSR count). The first-order valence-corrected chi connectivity index (χ1v) is 33.4. The fourth-order valence-corrected chi connectivity index (χ4v) is 13.3. The van der Waals surface area contributed by atoms with Crippen molar-refractivity contribution in [3.05, 3.63) is 248 Å². The molecule has 3 aromatic heterocycles. The van der Waals surface area contributed by atoms with Crippen molar-refractivity contribution in [3.8, 4) is 33.4 Å². The van der Waals surface area contributed by atoms with Gasteiger partial charge in [0.05, 0.1) is 47.8 Å². The summed E-state index contributed by atoms with van der Waals surface area (Å²) in [6, 6.07) is 55.1. The topological polar surface area (TPSA) is 225 Å². The zero-order valence-corrected chi connectivity index (χ0v) is 53.6. The molecular weight excluding hydrogens is 1320 g/mol. The van der Waals surface area contributed by atoms with Crippen LogP contribution in [0.2, 0.25) is 15.1 Å². The quantitative estimate of drug-likeness (QED) is 0.0573. The molecule has 6 N–H and O–H groups in total. The minimum absolute atomic E-state index is 0.199. The molecule has 450 valence electrons. The van der Waals surface area contributed by atoms with Gasteiger partial charge in [-0.15, -0.1) is 0 Å². The lowest BCUT2D eigenvalue weighted by atomic mass is 10.1. The Balaban J connectivity index is 0.000000147. The predicted octanol–water partition coefficient (Wildman–Crippen LogP) is 15.8. The van der Waals surface area contributed by atoms with Gasteiger partial charge < -0.3 is 15.0 Å². The number of hydrogen-bond donors (Lipinski definition) is 6. The van der Waals surface area contributed by atoms with Crippen molar-refractivity contribution >= 4 is 150 Å². The summed E-state index contributed by atoms with van der Waals surface area (Å²) in [5.74, 6) is 1.52. The molecule has 0 saturated carbocycles. The lowest BCUT2D eigenvalue weighted by molar-refractivity contribution is 0.587. The lowest BCUT2D eigenvalue weighted by Crippen LogP contribution is -2.19. The predicted molar refractivity (Wildman–Crippen MR) is 362 cm³/mol. The Labute approximate surface area is 536 Å². The number of nitrogens with one attached hydrogen (secondary N) is 6. The van der Waals surface area contributed by atoms with Crippen molar-refractivity contribution in [3.63, 3.8) is 0 Å². The van der Waals surface area contributed by atoms with Crippen molar-refractivity contribution in [2.75, 3.05) is 21.1 Å². The Morgan fingerprint density at radius 3 is 1.19 bits per heavy atom. The second-order valence-electron chi connectivity index (χ2n) is 19.6. The van der Waals surface area contributed by atoms with Crippen LogP contribution in [0, 0.1) is 5.82 Å². The van der Waals surface area contributed by atoms with E-state index in [2.05, 4.69) is 60.0 Å². The largest absolute Gasteiger partial charge is 0.338 e. The van der Waals surface area contributed by atoms with E-state index in [9.17, 15) is 29.6 Å². The van der Waals surface area contributed by atoms with Crippen LogP contribution in [0.15, 0.2) is 207 Å². The number of benzene rings is 9. The third-order valence-electron chi connectivity index (χ3n) is 13.8. The molecule has 0 fully saturated rings. The van der Waals surface area contributed by atoms with Crippen molar-refractivity contribution in [2.24, 2.45) is 0 Å². The second kappa shape index (κ2) is 27.6. The van der Waals surface area contributed by atoms with Gasteiger partial charge in [0.15, 0.2) is 0 Å². The lowest BCUT2D eigenvalue weighted by Gasteiger charge is -2.09. The summed E-state index contributed by atoms with van der Waals surface area (Å²) in [6.45, 7) is 0. The standard InChI is InChI=1S/C22H18BrN3O2S.C22H17Cl2N3O2S.C22H17ClFN3O2S/c1-24-29(27,28)21-8-3-2-7-18(21)16-10-11-19-20(14-16)26-22(25-19)12-9-15-5-4-6-17(23)13-15;2*1-25-30(28,29)21-5-3-2-4-17(21)15-7-10-19-20(12-15)27-22(26-19)11-8-14-6-9-16(23)13-18(14)24/h2-14,24H,1H3,(H,25,26);2*2-13,25H,1H3,(H,26,27)/b12-9+;2*11-8+. The summed E-state index contributed by atoms with van der Waals surface area (Å²) in [6.07, 6.45) is 10.9. The smallest absolute Gasteiger partial charge is 0.240 e. The van der Waals surface area contributed by atoms with Crippen LogP contribution in [0.25, 0.3) is 103 Å². The van der Waals surface area contributed by atoms with Crippen LogP contribution in [-0.2, 0) is 30.1 Å². The Bertz CT molecular complexity index is 4880. The number of rotatable bonds is 15. The fourth-order valence-electron chi connectivity index (χ4n) is 9.37. The average Bonchev–Trinajstić information content (AvgIpc) is 2.06. The Morgan fingerprint density at radius 1 is 0.416 bits per heavy atom. The summed E-state index contributed by atoms with van der Waals surface area (Å²) >= 11 is 21.4. The summed E-state index contributed by atoms with van der Waals surface area (Å²) in [5.41, 5.74) is 11.1. The van der Waals surface area contributed by atoms with E-state index in [-0.39, 0.29) is 14.7 Å². The monoisotopic (exact) mass is 1370 g/mol. The Kier molecular flexibility index (Phi) is 19.7. The average molecular weight is 1370 g/mol. The molecule has 15 nitrogen and oxygen atoms in total. The SMILES string of the molecule is CNS(=O)(=O)c1ccccc1-c1ccc2nc(/C=C/c3ccc(Cl)cc3Cl)[nH]c2c1.CNS(=O)(=O)c1ccccc1-c1ccc2nc(/C=C/c3ccc(Cl)cc3F)[nH]c2c1.CNS(=O)(=O)c1ccccc1-c1ccc2nc(/C=C/c3cccc(Br)c3)[nH]c2c1. The van der Waals surface area contributed by atoms with Gasteiger partial charge in [0.2, 0.25) is 30.1 Å². The third-order valence-corrected chi connectivity index (χ3v) is 19.5. The maximum absolute atomic E-state index is 13.9. The first kappa shape index (κ1) is 63.6. The molecule has 23 heteroatoms. The molecule has 0 saturated heterocycles. The van der Waals surface area contributed by atoms with E-state index in [1.807, 2.05) is 121 Å². The zero-order valence-electron chi connectivity index (χ0n) is 47.3. The summed E-state index contributed by atoms with van der Waals surface area (Å²) < 4.78 is 96.2. The maximum Gasteiger partial charge on any atom is 0.240 e. The molecular formula is C66H52BrCl3FN9O6S3. The van der Waals surface area contributed by atoms with E-state index in [0.29, 0.717) is 54.5 Å². The molecule has 0 amide bonds. The zero-order chi connectivity index (χ0) is 63.0. The third kappa shape index (κ3) is 15.2. The molecule has 0 bridgehead atoms. The van der Waals surface area contributed by atoms with Gasteiger partial charge in [-0.1, -0.05) is 154 Å². The number of imidazole rings is 3. The van der Waals surface area contributed by atoms with Gasteiger partial charge in [-0.2, -0.15) is 0 Å². The van der Waals surface area contributed by atoms with Gasteiger partial charge in [-0.25, -0.2) is 58.8 Å². The number of aromatic nitrogens is 6. The van der Waals surface area contributed by atoms with E-state index < -0.39 is 35.9 Å². The molecule has 0 aliphatic carbocycles. The Morgan fingerprint density at radius 2 is 0.798 bits per heavy atom. The number of fused-ring (bicyclic) bond motifs is 3. The van der Waals surface area contributed by atoms with Crippen LogP contribution < -0.4 is 14.2 Å². The van der Waals surface area contributed by atoms with Crippen molar-refractivity contribution in [2.45, 2.75) is 14.7 Å². The van der Waals surface area contributed by atoms with E-state index >= 15 is 0 Å². The van der Waals surface area contributed by atoms with Crippen molar-refractivity contribution in [1.82, 2.24) is 44.1 Å². The molecule has 0 unspecified atom stereocenters. The van der Waals surface area contributed by atoms with Crippen molar-refractivity contribution in [1.29, 1.82) is 0 Å². The van der Waals surface area contributed by atoms with Crippen molar-refractivity contribution < 1.29 is 29.6 Å². The van der Waals surface area contributed by atoms with Crippen LogP contribution in [0.1, 0.15) is 34.2 Å². The number of nitrogens with zero attached hydrogens (tertiary/aromatic N) is 3. The molecule has 0 spiro atoms. The van der Waals surface area contributed by atoms with Crippen LogP contribution in [0.4, 0.5) is 4.39 Å². The van der Waals surface area contributed by atoms with E-state index in [1.54, 1.807) is 97.1 Å². The van der Waals surface area contributed by atoms with Crippen LogP contribution in [-0.4, -0.2) is 76.3 Å². The van der Waals surface area contributed by atoms with Gasteiger partial charge in [-0.05, 0) is 170 Å². The van der Waals surface area contributed by atoms with Crippen LogP contribution >= 0.6 is 50.7 Å². The summed E-state index contributed by atoms with van der Waals surface area (Å²) in [7, 11) is -6.55. The first-order valence-electron chi connectivity index (χ1n) is 27.0. The van der Waals surface area contributed by atoms with Gasteiger partial charge in [-0.3, -0.25) is 0 Å². The maximum atomic E-state index is 13.9. The normalized spacial score (nSPS) is 12.1. The minimum Gasteiger partial charge on any atom is -0.338 e. The highest BCUT2D eigenvalue weighted by Crippen LogP contribution is 2.33. The van der Waals surface area contributed by atoms with E-state index in [0.717, 1.165) is 65.7 Å². The molecule has 0 atom stereocenters. The van der Waals surface area contributed by atoms with E-state index in [1.165, 1.54) is 27.2 Å². The molecule has 3 heterocycles. The number of aromatic amines is 3. The molecule has 0 radical (unpaired) electrons. The van der Waals surface area contributed by atoms with Gasteiger partial charge in [0.25, 0.3) is 0 Å². The van der Waals surface area contributed by atoms with Crippen LogP contribution in [0.5, 0.6) is 0 Å². The molecule has 12 aromatic rings. The van der Waals surface area contributed by atoms with Gasteiger partial charge in [0, 0.05) is 41.8 Å². The first-order chi connectivity index (χ1) is 42.7. The number of halogens is 5. The summed E-state index contributed by atoms with van der Waals surface area (Å²) in [4.78, 5) is 24.0. The minimum atomic E-state index is -3.60. The van der Waals surface area contributed by atoms with Gasteiger partial charge >= 0.3 is 0 Å². The van der Waals surface area contributed by atoms with Crippen LogP contribution in [0.3, 0.4) is 0 Å². The molecule has 0 aliphatic heterocycles. The molecule has 89 heavy (non-hydrogen) atoms.